The van der Waals surface area contributed by atoms with Gasteiger partial charge in [0.05, 0.1) is 11.5 Å². The maximum atomic E-state index is 12.5. The van der Waals surface area contributed by atoms with Gasteiger partial charge in [-0.2, -0.15) is 0 Å². The molecule has 5 nitrogen and oxygen atoms in total. The van der Waals surface area contributed by atoms with Gasteiger partial charge in [-0.3, -0.25) is 4.79 Å². The Morgan fingerprint density at radius 3 is 2.46 bits per heavy atom. The second kappa shape index (κ2) is 7.31. The number of hydrogen-bond acceptors (Lipinski definition) is 4. The highest BCUT2D eigenvalue weighted by atomic mass is 32.2. The predicted molar refractivity (Wildman–Crippen MR) is 102 cm³/mol. The van der Waals surface area contributed by atoms with E-state index >= 15 is 0 Å². The number of carbonyl (C=O) groups excluding carboxylic acids is 1. The highest BCUT2D eigenvalue weighted by Gasteiger charge is 2.40. The Bertz CT molecular complexity index is 757. The molecule has 3 fully saturated rings. The molecule has 0 bridgehead atoms. The van der Waals surface area contributed by atoms with Crippen LogP contribution in [0.3, 0.4) is 0 Å². The Labute approximate surface area is 155 Å². The molecule has 0 aromatic heterocycles. The van der Waals surface area contributed by atoms with Gasteiger partial charge in [-0.15, -0.1) is 0 Å². The fraction of sp³-hybridized carbons (Fsp3) is 0.650. The van der Waals surface area contributed by atoms with Crippen LogP contribution < -0.4 is 10.6 Å². The Hall–Kier alpha value is -1.40. The molecular formula is C20H28N2O3S. The monoisotopic (exact) mass is 376 g/mol. The number of hydrogen-bond donors (Lipinski definition) is 2. The Morgan fingerprint density at radius 1 is 1.00 bits per heavy atom. The van der Waals surface area contributed by atoms with Gasteiger partial charge < -0.3 is 10.6 Å². The van der Waals surface area contributed by atoms with Gasteiger partial charge >= 0.3 is 0 Å². The van der Waals surface area contributed by atoms with E-state index in [0.717, 1.165) is 37.7 Å². The molecule has 142 valence electrons. The first-order valence-corrected chi connectivity index (χ1v) is 11.7. The summed E-state index contributed by atoms with van der Waals surface area (Å²) >= 11 is 0. The van der Waals surface area contributed by atoms with E-state index in [1.165, 1.54) is 18.4 Å². The minimum atomic E-state index is -2.81. The van der Waals surface area contributed by atoms with Crippen LogP contribution in [0.15, 0.2) is 24.3 Å². The lowest BCUT2D eigenvalue weighted by atomic mass is 10.1. The molecule has 0 spiro atoms. The van der Waals surface area contributed by atoms with Crippen molar-refractivity contribution in [1.29, 1.82) is 0 Å². The second-order valence-electron chi connectivity index (χ2n) is 8.12. The van der Waals surface area contributed by atoms with E-state index in [1.54, 1.807) is 0 Å². The van der Waals surface area contributed by atoms with Crippen molar-refractivity contribution < 1.29 is 13.2 Å². The van der Waals surface area contributed by atoms with Crippen molar-refractivity contribution in [3.63, 3.8) is 0 Å². The highest BCUT2D eigenvalue weighted by Crippen LogP contribution is 2.41. The largest absolute Gasteiger partial charge is 0.349 e. The minimum absolute atomic E-state index is 0.0430. The van der Waals surface area contributed by atoms with Gasteiger partial charge in [-0.1, -0.05) is 25.0 Å². The maximum Gasteiger partial charge on any atom is 0.251 e. The van der Waals surface area contributed by atoms with Crippen LogP contribution in [0.1, 0.15) is 66.8 Å². The SMILES string of the molecule is O=C(NC1CCCC1)c1cccc(C2CC2NC2CCS(=O)(=O)CC2)c1. The van der Waals surface area contributed by atoms with Crippen LogP contribution in [0.4, 0.5) is 0 Å². The Kier molecular flexibility index (Phi) is 5.06. The molecule has 2 saturated carbocycles. The van der Waals surface area contributed by atoms with Crippen molar-refractivity contribution in [1.82, 2.24) is 10.6 Å². The fourth-order valence-corrected chi connectivity index (χ4v) is 5.85. The minimum Gasteiger partial charge on any atom is -0.349 e. The molecule has 1 aromatic carbocycles. The third-order valence-electron chi connectivity index (χ3n) is 6.06. The molecule has 2 unspecified atom stereocenters. The lowest BCUT2D eigenvalue weighted by Gasteiger charge is -2.23. The number of sulfone groups is 1. The zero-order valence-corrected chi connectivity index (χ0v) is 15.9. The lowest BCUT2D eigenvalue weighted by molar-refractivity contribution is 0.0937. The van der Waals surface area contributed by atoms with Crippen molar-refractivity contribution in [2.24, 2.45) is 0 Å². The van der Waals surface area contributed by atoms with E-state index in [0.29, 0.717) is 35.5 Å². The van der Waals surface area contributed by atoms with Crippen LogP contribution in [0.5, 0.6) is 0 Å². The van der Waals surface area contributed by atoms with Crippen LogP contribution in [0.25, 0.3) is 0 Å². The quantitative estimate of drug-likeness (QED) is 0.827. The van der Waals surface area contributed by atoms with E-state index in [4.69, 9.17) is 0 Å². The summed E-state index contributed by atoms with van der Waals surface area (Å²) in [6, 6.07) is 9.05. The normalized spacial score (nSPS) is 28.8. The van der Waals surface area contributed by atoms with Crippen LogP contribution in [0.2, 0.25) is 0 Å². The van der Waals surface area contributed by atoms with Crippen molar-refractivity contribution in [3.05, 3.63) is 35.4 Å². The topological polar surface area (TPSA) is 75.3 Å². The van der Waals surface area contributed by atoms with Gasteiger partial charge in [-0.25, -0.2) is 8.42 Å². The number of nitrogens with one attached hydrogen (secondary N) is 2. The summed E-state index contributed by atoms with van der Waals surface area (Å²) in [6.07, 6.45) is 7.11. The molecule has 1 amide bonds. The standard InChI is InChI=1S/C20H28N2O3S/c23-20(22-16-6-1-2-7-16)15-5-3-4-14(12-15)18-13-19(18)21-17-8-10-26(24,25)11-9-17/h3-5,12,16-19,21H,1-2,6-11,13H2,(H,22,23). The van der Waals surface area contributed by atoms with Crippen LogP contribution in [-0.2, 0) is 9.84 Å². The third kappa shape index (κ3) is 4.29. The first kappa shape index (κ1) is 18.0. The zero-order chi connectivity index (χ0) is 18.1. The van der Waals surface area contributed by atoms with Crippen LogP contribution in [0, 0.1) is 0 Å². The van der Waals surface area contributed by atoms with E-state index in [1.807, 2.05) is 18.2 Å². The number of benzene rings is 1. The summed E-state index contributed by atoms with van der Waals surface area (Å²) in [4.78, 5) is 12.5. The Morgan fingerprint density at radius 2 is 1.73 bits per heavy atom. The fourth-order valence-electron chi connectivity index (χ4n) is 4.36. The van der Waals surface area contributed by atoms with Crippen LogP contribution >= 0.6 is 0 Å². The highest BCUT2D eigenvalue weighted by molar-refractivity contribution is 7.91. The third-order valence-corrected chi connectivity index (χ3v) is 7.78. The molecule has 6 heteroatoms. The molecule has 0 radical (unpaired) electrons. The molecule has 1 saturated heterocycles. The van der Waals surface area contributed by atoms with Crippen molar-refractivity contribution in [2.75, 3.05) is 11.5 Å². The Balaban J connectivity index is 1.32. The molecule has 4 rings (SSSR count). The zero-order valence-electron chi connectivity index (χ0n) is 15.1. The first-order valence-electron chi connectivity index (χ1n) is 9.87. The molecule has 2 N–H and O–H groups in total. The van der Waals surface area contributed by atoms with E-state index < -0.39 is 9.84 Å². The predicted octanol–water partition coefficient (Wildman–Crippen LogP) is 2.38. The molecule has 1 heterocycles. The molecule has 3 aliphatic rings. The van der Waals surface area contributed by atoms with Crippen molar-refractivity contribution >= 4 is 15.7 Å². The summed E-state index contributed by atoms with van der Waals surface area (Å²) in [5, 5.41) is 6.78. The van der Waals surface area contributed by atoms with Gasteiger partial charge in [0.15, 0.2) is 0 Å². The van der Waals surface area contributed by atoms with Crippen molar-refractivity contribution in [2.45, 2.75) is 69.0 Å². The first-order chi connectivity index (χ1) is 12.5. The molecule has 2 aliphatic carbocycles. The van der Waals surface area contributed by atoms with Gasteiger partial charge in [-0.05, 0) is 49.8 Å². The van der Waals surface area contributed by atoms with Gasteiger partial charge in [0.1, 0.15) is 9.84 Å². The molecule has 2 atom stereocenters. The second-order valence-corrected chi connectivity index (χ2v) is 10.4. The van der Waals surface area contributed by atoms with Gasteiger partial charge in [0.2, 0.25) is 0 Å². The average molecular weight is 377 g/mol. The lowest BCUT2D eigenvalue weighted by Crippen LogP contribution is -2.39. The van der Waals surface area contributed by atoms with Crippen molar-refractivity contribution in [3.8, 4) is 0 Å². The summed E-state index contributed by atoms with van der Waals surface area (Å²) in [5.41, 5.74) is 1.97. The molecular weight excluding hydrogens is 348 g/mol. The maximum absolute atomic E-state index is 12.5. The van der Waals surface area contributed by atoms with Gasteiger partial charge in [0, 0.05) is 29.6 Å². The number of amides is 1. The number of rotatable bonds is 5. The average Bonchev–Trinajstić information content (AvgIpc) is 3.20. The van der Waals surface area contributed by atoms with Gasteiger partial charge in [0.25, 0.3) is 5.91 Å². The summed E-state index contributed by atoms with van der Waals surface area (Å²) < 4.78 is 23.1. The summed E-state index contributed by atoms with van der Waals surface area (Å²) in [5.74, 6) is 1.09. The van der Waals surface area contributed by atoms with E-state index in [9.17, 15) is 13.2 Å². The summed E-state index contributed by atoms with van der Waals surface area (Å²) in [7, 11) is -2.81. The molecule has 26 heavy (non-hydrogen) atoms. The summed E-state index contributed by atoms with van der Waals surface area (Å²) in [6.45, 7) is 0. The smallest absolute Gasteiger partial charge is 0.251 e. The van der Waals surface area contributed by atoms with E-state index in [2.05, 4.69) is 16.7 Å². The molecule has 1 aliphatic heterocycles. The van der Waals surface area contributed by atoms with E-state index in [-0.39, 0.29) is 5.91 Å². The number of carbonyl (C=O) groups is 1. The van der Waals surface area contributed by atoms with Crippen LogP contribution in [-0.4, -0.2) is 44.0 Å². The molecule has 1 aromatic rings.